The first-order chi connectivity index (χ1) is 12.0. The molecule has 0 aromatic heterocycles. The second kappa shape index (κ2) is 11.3. The highest BCUT2D eigenvalue weighted by atomic mass is 19.1. The summed E-state index contributed by atoms with van der Waals surface area (Å²) in [4.78, 5) is 23.9. The molecule has 0 aliphatic carbocycles. The monoisotopic (exact) mass is 353 g/mol. The molecule has 0 spiro atoms. The van der Waals surface area contributed by atoms with Crippen LogP contribution in [0.15, 0.2) is 30.9 Å². The van der Waals surface area contributed by atoms with E-state index in [1.165, 1.54) is 13.2 Å². The summed E-state index contributed by atoms with van der Waals surface area (Å²) in [5, 5.41) is 2.57. The summed E-state index contributed by atoms with van der Waals surface area (Å²) in [5.41, 5.74) is 0.0759. The lowest BCUT2D eigenvalue weighted by atomic mass is 10.1. The summed E-state index contributed by atoms with van der Waals surface area (Å²) in [5.74, 6) is -2.52. The molecule has 6 heteroatoms. The van der Waals surface area contributed by atoms with E-state index in [4.69, 9.17) is 4.74 Å². The maximum absolute atomic E-state index is 13.6. The van der Waals surface area contributed by atoms with Crippen molar-refractivity contribution in [2.45, 2.75) is 51.0 Å². The maximum Gasteiger partial charge on any atom is 0.328 e. The normalized spacial score (nSPS) is 11.6. The largest absolute Gasteiger partial charge is 0.467 e. The summed E-state index contributed by atoms with van der Waals surface area (Å²) in [6.07, 6.45) is 6.78. The average Bonchev–Trinajstić information content (AvgIpc) is 2.58. The van der Waals surface area contributed by atoms with Crippen molar-refractivity contribution in [3.05, 3.63) is 48.1 Å². The van der Waals surface area contributed by atoms with Crippen molar-refractivity contribution in [2.75, 3.05) is 7.11 Å². The topological polar surface area (TPSA) is 55.4 Å². The number of esters is 1. The molecule has 0 saturated heterocycles. The van der Waals surface area contributed by atoms with Crippen molar-refractivity contribution in [1.82, 2.24) is 5.32 Å². The molecular weight excluding hydrogens is 328 g/mol. The lowest BCUT2D eigenvalue weighted by Crippen LogP contribution is -2.42. The molecule has 1 aromatic carbocycles. The Morgan fingerprint density at radius 3 is 2.60 bits per heavy atom. The quantitative estimate of drug-likeness (QED) is 0.375. The summed E-state index contributed by atoms with van der Waals surface area (Å²) in [6.45, 7) is 3.66. The molecule has 25 heavy (non-hydrogen) atoms. The van der Waals surface area contributed by atoms with Gasteiger partial charge in [-0.2, -0.15) is 0 Å². The minimum Gasteiger partial charge on any atom is -0.467 e. The zero-order valence-electron chi connectivity index (χ0n) is 14.5. The Labute approximate surface area is 147 Å². The molecule has 138 valence electrons. The van der Waals surface area contributed by atoms with E-state index in [2.05, 4.69) is 11.9 Å². The summed E-state index contributed by atoms with van der Waals surface area (Å²) < 4.78 is 31.2. The number of carbonyl (C=O) groups excluding carboxylic acids is 2. The Balaban J connectivity index is 2.51. The van der Waals surface area contributed by atoms with Gasteiger partial charge in [-0.1, -0.05) is 31.4 Å². The van der Waals surface area contributed by atoms with Gasteiger partial charge in [0.2, 0.25) is 5.91 Å². The third-order valence-corrected chi connectivity index (χ3v) is 3.84. The molecular formula is C19H25F2NO3. The molecule has 0 saturated carbocycles. The molecule has 1 amide bonds. The van der Waals surface area contributed by atoms with Crippen molar-refractivity contribution >= 4 is 11.9 Å². The van der Waals surface area contributed by atoms with Gasteiger partial charge < -0.3 is 10.1 Å². The van der Waals surface area contributed by atoms with Crippen LogP contribution in [-0.2, 0) is 20.7 Å². The van der Waals surface area contributed by atoms with Crippen molar-refractivity contribution in [3.8, 4) is 0 Å². The van der Waals surface area contributed by atoms with Crippen molar-refractivity contribution in [3.63, 3.8) is 0 Å². The van der Waals surface area contributed by atoms with E-state index in [0.717, 1.165) is 44.2 Å². The van der Waals surface area contributed by atoms with Crippen LogP contribution in [0.5, 0.6) is 0 Å². The van der Waals surface area contributed by atoms with Crippen LogP contribution in [0.3, 0.4) is 0 Å². The molecule has 0 aliphatic rings. The predicted molar refractivity (Wildman–Crippen MR) is 91.9 cm³/mol. The van der Waals surface area contributed by atoms with Crippen LogP contribution in [0.2, 0.25) is 0 Å². The van der Waals surface area contributed by atoms with E-state index in [0.29, 0.717) is 6.42 Å². The minimum absolute atomic E-state index is 0.0759. The highest BCUT2D eigenvalue weighted by Gasteiger charge is 2.21. The first-order valence-electron chi connectivity index (χ1n) is 8.40. The number of unbranched alkanes of at least 4 members (excludes halogenated alkanes) is 4. The second-order valence-electron chi connectivity index (χ2n) is 5.84. The van der Waals surface area contributed by atoms with Gasteiger partial charge in [0.1, 0.15) is 17.7 Å². The molecule has 0 unspecified atom stereocenters. The van der Waals surface area contributed by atoms with Crippen LogP contribution in [-0.4, -0.2) is 25.0 Å². The van der Waals surface area contributed by atoms with Crippen LogP contribution in [0.25, 0.3) is 0 Å². The van der Waals surface area contributed by atoms with Gasteiger partial charge in [0, 0.05) is 6.07 Å². The van der Waals surface area contributed by atoms with Gasteiger partial charge in [-0.25, -0.2) is 13.6 Å². The highest BCUT2D eigenvalue weighted by Crippen LogP contribution is 2.12. The van der Waals surface area contributed by atoms with E-state index in [9.17, 15) is 18.4 Å². The number of carbonyl (C=O) groups is 2. The first kappa shape index (κ1) is 20.8. The molecule has 1 rings (SSSR count). The fourth-order valence-electron chi connectivity index (χ4n) is 2.47. The maximum atomic E-state index is 13.6. The Morgan fingerprint density at radius 2 is 1.96 bits per heavy atom. The molecule has 0 bridgehead atoms. The fourth-order valence-corrected chi connectivity index (χ4v) is 2.47. The number of amides is 1. The van der Waals surface area contributed by atoms with Crippen LogP contribution < -0.4 is 5.32 Å². The number of allylic oxidation sites excluding steroid dienone is 1. The molecule has 0 heterocycles. The van der Waals surface area contributed by atoms with Crippen molar-refractivity contribution in [1.29, 1.82) is 0 Å². The van der Waals surface area contributed by atoms with Crippen molar-refractivity contribution < 1.29 is 23.1 Å². The van der Waals surface area contributed by atoms with Crippen molar-refractivity contribution in [2.24, 2.45) is 0 Å². The average molecular weight is 353 g/mol. The van der Waals surface area contributed by atoms with Crippen LogP contribution in [0.1, 0.15) is 44.1 Å². The Hall–Kier alpha value is -2.24. The molecule has 0 fully saturated rings. The van der Waals surface area contributed by atoms with Gasteiger partial charge in [0.05, 0.1) is 13.5 Å². The number of ether oxygens (including phenoxy) is 1. The summed E-state index contributed by atoms with van der Waals surface area (Å²) in [6, 6.07) is 2.27. The summed E-state index contributed by atoms with van der Waals surface area (Å²) >= 11 is 0. The molecule has 0 aliphatic heterocycles. The van der Waals surface area contributed by atoms with E-state index >= 15 is 0 Å². The van der Waals surface area contributed by atoms with Gasteiger partial charge in [0.25, 0.3) is 0 Å². The van der Waals surface area contributed by atoms with E-state index in [1.54, 1.807) is 0 Å². The third-order valence-electron chi connectivity index (χ3n) is 3.84. The lowest BCUT2D eigenvalue weighted by molar-refractivity contribution is -0.145. The van der Waals surface area contributed by atoms with Gasteiger partial charge in [-0.3, -0.25) is 4.79 Å². The lowest BCUT2D eigenvalue weighted by Gasteiger charge is -2.16. The third kappa shape index (κ3) is 7.92. The SMILES string of the molecule is C=CCCCCCC[C@H](NC(=O)Cc1ccc(F)cc1F)C(=O)OC. The highest BCUT2D eigenvalue weighted by molar-refractivity contribution is 5.85. The van der Waals surface area contributed by atoms with Gasteiger partial charge in [0.15, 0.2) is 0 Å². The van der Waals surface area contributed by atoms with Gasteiger partial charge in [-0.05, 0) is 30.9 Å². The number of hydrogen-bond donors (Lipinski definition) is 1. The van der Waals surface area contributed by atoms with Crippen LogP contribution in [0, 0.1) is 11.6 Å². The molecule has 1 atom stereocenters. The van der Waals surface area contributed by atoms with Crippen LogP contribution >= 0.6 is 0 Å². The molecule has 1 N–H and O–H groups in total. The number of benzene rings is 1. The number of methoxy groups -OCH3 is 1. The second-order valence-corrected chi connectivity index (χ2v) is 5.84. The number of rotatable bonds is 11. The van der Waals surface area contributed by atoms with Gasteiger partial charge >= 0.3 is 5.97 Å². The van der Waals surface area contributed by atoms with E-state index in [1.807, 2.05) is 6.08 Å². The smallest absolute Gasteiger partial charge is 0.328 e. The van der Waals surface area contributed by atoms with Crippen LogP contribution in [0.4, 0.5) is 8.78 Å². The Bertz CT molecular complexity index is 590. The zero-order chi connectivity index (χ0) is 18.7. The minimum atomic E-state index is -0.785. The molecule has 1 aromatic rings. The number of halogens is 2. The number of nitrogens with one attached hydrogen (secondary N) is 1. The predicted octanol–water partition coefficient (Wildman–Crippen LogP) is 3.69. The zero-order valence-corrected chi connectivity index (χ0v) is 14.5. The molecule has 0 radical (unpaired) electrons. The number of hydrogen-bond acceptors (Lipinski definition) is 3. The summed E-state index contributed by atoms with van der Waals surface area (Å²) in [7, 11) is 1.26. The fraction of sp³-hybridized carbons (Fsp3) is 0.474. The van der Waals surface area contributed by atoms with Gasteiger partial charge in [-0.15, -0.1) is 6.58 Å². The standard InChI is InChI=1S/C19H25F2NO3/c1-3-4-5-6-7-8-9-17(19(24)25-2)22-18(23)12-14-10-11-15(20)13-16(14)21/h3,10-11,13,17H,1,4-9,12H2,2H3,(H,22,23)/t17-/m0/s1. The Kier molecular flexibility index (Phi) is 9.43. The molecule has 4 nitrogen and oxygen atoms in total. The van der Waals surface area contributed by atoms with E-state index < -0.39 is 29.6 Å². The first-order valence-corrected chi connectivity index (χ1v) is 8.40. The Morgan fingerprint density at radius 1 is 1.24 bits per heavy atom. The van der Waals surface area contributed by atoms with E-state index in [-0.39, 0.29) is 12.0 Å².